The van der Waals surface area contributed by atoms with Crippen molar-refractivity contribution in [1.29, 1.82) is 5.26 Å². The maximum Gasteiger partial charge on any atom is 0.164 e. The Labute approximate surface area is 123 Å². The monoisotopic (exact) mass is 274 g/mol. The molecule has 0 unspecified atom stereocenters. The van der Waals surface area contributed by atoms with Crippen molar-refractivity contribution in [1.82, 2.24) is 4.57 Å². The Hall–Kier alpha value is -2.86. The van der Waals surface area contributed by atoms with Gasteiger partial charge in [0.15, 0.2) is 5.78 Å². The van der Waals surface area contributed by atoms with Crippen LogP contribution >= 0.6 is 0 Å². The fraction of sp³-hybridized carbons (Fsp3) is 0.111. The molecule has 0 aliphatic rings. The van der Waals surface area contributed by atoms with Crippen LogP contribution in [-0.2, 0) is 6.54 Å². The third kappa shape index (κ3) is 2.70. The smallest absolute Gasteiger partial charge is 0.164 e. The van der Waals surface area contributed by atoms with Gasteiger partial charge in [-0.2, -0.15) is 5.26 Å². The molecule has 0 bridgehead atoms. The van der Waals surface area contributed by atoms with Gasteiger partial charge in [0.25, 0.3) is 0 Å². The van der Waals surface area contributed by atoms with Crippen LogP contribution in [0.25, 0.3) is 10.9 Å². The van der Waals surface area contributed by atoms with E-state index in [-0.39, 0.29) is 5.78 Å². The fourth-order valence-electron chi connectivity index (χ4n) is 2.46. The van der Waals surface area contributed by atoms with Crippen LogP contribution in [0.4, 0.5) is 0 Å². The molecule has 0 fully saturated rings. The summed E-state index contributed by atoms with van der Waals surface area (Å²) >= 11 is 0. The first-order valence-corrected chi connectivity index (χ1v) is 6.85. The van der Waals surface area contributed by atoms with Crippen LogP contribution in [0.2, 0.25) is 0 Å². The van der Waals surface area contributed by atoms with Gasteiger partial charge in [-0.3, -0.25) is 4.79 Å². The predicted octanol–water partition coefficient (Wildman–Crippen LogP) is 3.79. The Bertz CT molecular complexity index is 825. The molecule has 3 heteroatoms. The molecular formula is C18H14N2O. The highest BCUT2D eigenvalue weighted by molar-refractivity contribution is 5.96. The van der Waals surface area contributed by atoms with E-state index in [1.54, 1.807) is 6.07 Å². The SMILES string of the molecule is N#Cc1ccc2c(ccn2CCC(=O)c2ccccc2)c1. The molecule has 1 aromatic heterocycles. The summed E-state index contributed by atoms with van der Waals surface area (Å²) in [5.74, 6) is 0.145. The number of fused-ring (bicyclic) bond motifs is 1. The Morgan fingerprint density at radius 1 is 1.10 bits per heavy atom. The van der Waals surface area contributed by atoms with Gasteiger partial charge in [0.1, 0.15) is 0 Å². The van der Waals surface area contributed by atoms with Crippen LogP contribution < -0.4 is 0 Å². The van der Waals surface area contributed by atoms with Crippen molar-refractivity contribution in [3.63, 3.8) is 0 Å². The van der Waals surface area contributed by atoms with Crippen molar-refractivity contribution in [2.75, 3.05) is 0 Å². The van der Waals surface area contributed by atoms with E-state index in [0.29, 0.717) is 18.5 Å². The number of benzene rings is 2. The lowest BCUT2D eigenvalue weighted by molar-refractivity contribution is 0.0977. The standard InChI is InChI=1S/C18H14N2O/c19-13-14-6-7-17-16(12-14)8-10-20(17)11-9-18(21)15-4-2-1-3-5-15/h1-8,10,12H,9,11H2. The largest absolute Gasteiger partial charge is 0.347 e. The van der Waals surface area contributed by atoms with Crippen molar-refractivity contribution in [2.24, 2.45) is 0 Å². The number of aromatic nitrogens is 1. The lowest BCUT2D eigenvalue weighted by Crippen LogP contribution is -2.05. The van der Waals surface area contributed by atoms with Crippen molar-refractivity contribution in [3.8, 4) is 6.07 Å². The summed E-state index contributed by atoms with van der Waals surface area (Å²) in [5.41, 5.74) is 2.45. The molecule has 0 saturated carbocycles. The van der Waals surface area contributed by atoms with E-state index in [1.165, 1.54) is 0 Å². The minimum absolute atomic E-state index is 0.145. The Morgan fingerprint density at radius 3 is 2.67 bits per heavy atom. The summed E-state index contributed by atoms with van der Waals surface area (Å²) in [5, 5.41) is 9.93. The first kappa shape index (κ1) is 13.1. The maximum absolute atomic E-state index is 12.1. The van der Waals surface area contributed by atoms with E-state index in [4.69, 9.17) is 5.26 Å². The maximum atomic E-state index is 12.1. The van der Waals surface area contributed by atoms with Gasteiger partial charge >= 0.3 is 0 Å². The third-order valence-corrected chi connectivity index (χ3v) is 3.58. The summed E-state index contributed by atoms with van der Waals surface area (Å²) in [4.78, 5) is 12.1. The average Bonchev–Trinajstić information content (AvgIpc) is 2.95. The molecule has 0 aliphatic carbocycles. The number of nitrogens with zero attached hydrogens (tertiary/aromatic N) is 2. The van der Waals surface area contributed by atoms with Crippen molar-refractivity contribution >= 4 is 16.7 Å². The van der Waals surface area contributed by atoms with Gasteiger partial charge in [0.05, 0.1) is 11.6 Å². The second-order valence-corrected chi connectivity index (χ2v) is 4.93. The topological polar surface area (TPSA) is 45.8 Å². The molecule has 21 heavy (non-hydrogen) atoms. The number of carbonyl (C=O) groups is 1. The molecule has 2 aromatic carbocycles. The summed E-state index contributed by atoms with van der Waals surface area (Å²) in [6.07, 6.45) is 2.43. The Balaban J connectivity index is 1.77. The second kappa shape index (κ2) is 5.64. The van der Waals surface area contributed by atoms with E-state index in [2.05, 4.69) is 10.6 Å². The minimum atomic E-state index is 0.145. The summed E-state index contributed by atoms with van der Waals surface area (Å²) < 4.78 is 2.05. The van der Waals surface area contributed by atoms with Crippen molar-refractivity contribution in [2.45, 2.75) is 13.0 Å². The van der Waals surface area contributed by atoms with Crippen molar-refractivity contribution < 1.29 is 4.79 Å². The quantitative estimate of drug-likeness (QED) is 0.679. The number of hydrogen-bond donors (Lipinski definition) is 0. The van der Waals surface area contributed by atoms with Crippen LogP contribution in [0.3, 0.4) is 0 Å². The molecule has 0 N–H and O–H groups in total. The van der Waals surface area contributed by atoms with Crippen LogP contribution in [0.1, 0.15) is 22.3 Å². The Kier molecular flexibility index (Phi) is 3.53. The Morgan fingerprint density at radius 2 is 1.90 bits per heavy atom. The van der Waals surface area contributed by atoms with Crippen LogP contribution in [-0.4, -0.2) is 10.4 Å². The molecule has 0 radical (unpaired) electrons. The van der Waals surface area contributed by atoms with Gasteiger partial charge in [-0.15, -0.1) is 0 Å². The van der Waals surface area contributed by atoms with E-state index >= 15 is 0 Å². The first-order chi connectivity index (χ1) is 10.3. The van der Waals surface area contributed by atoms with Gasteiger partial charge in [0, 0.05) is 35.6 Å². The van der Waals surface area contributed by atoms with Gasteiger partial charge < -0.3 is 4.57 Å². The molecular weight excluding hydrogens is 260 g/mol. The minimum Gasteiger partial charge on any atom is -0.347 e. The van der Waals surface area contributed by atoms with Gasteiger partial charge in [0.2, 0.25) is 0 Å². The summed E-state index contributed by atoms with van der Waals surface area (Å²) in [6, 6.07) is 19.1. The normalized spacial score (nSPS) is 10.4. The lowest BCUT2D eigenvalue weighted by atomic mass is 10.1. The molecule has 3 rings (SSSR count). The average molecular weight is 274 g/mol. The van der Waals surface area contributed by atoms with Crippen molar-refractivity contribution in [3.05, 3.63) is 71.9 Å². The fourth-order valence-corrected chi connectivity index (χ4v) is 2.46. The molecule has 1 heterocycles. The third-order valence-electron chi connectivity index (χ3n) is 3.58. The molecule has 0 spiro atoms. The van der Waals surface area contributed by atoms with Crippen LogP contribution in [0.5, 0.6) is 0 Å². The molecule has 0 atom stereocenters. The molecule has 102 valence electrons. The van der Waals surface area contributed by atoms with E-state index in [1.807, 2.05) is 54.7 Å². The molecule has 3 nitrogen and oxygen atoms in total. The number of ketones is 1. The zero-order valence-electron chi connectivity index (χ0n) is 11.5. The number of carbonyl (C=O) groups excluding carboxylic acids is 1. The van der Waals surface area contributed by atoms with Crippen LogP contribution in [0, 0.1) is 11.3 Å². The number of hydrogen-bond acceptors (Lipinski definition) is 2. The number of nitriles is 1. The molecule has 0 amide bonds. The highest BCUT2D eigenvalue weighted by Gasteiger charge is 2.07. The van der Waals surface area contributed by atoms with E-state index in [0.717, 1.165) is 16.5 Å². The highest BCUT2D eigenvalue weighted by atomic mass is 16.1. The number of aryl methyl sites for hydroxylation is 1. The second-order valence-electron chi connectivity index (χ2n) is 4.93. The predicted molar refractivity (Wildman–Crippen MR) is 82.0 cm³/mol. The van der Waals surface area contributed by atoms with Gasteiger partial charge in [-0.05, 0) is 24.3 Å². The summed E-state index contributed by atoms with van der Waals surface area (Å²) in [6.45, 7) is 0.642. The van der Waals surface area contributed by atoms with E-state index in [9.17, 15) is 4.79 Å². The molecule has 3 aromatic rings. The molecule has 0 saturated heterocycles. The van der Waals surface area contributed by atoms with E-state index < -0.39 is 0 Å². The van der Waals surface area contributed by atoms with Crippen LogP contribution in [0.15, 0.2) is 60.8 Å². The number of Topliss-reactive ketones (excluding diaryl/α,β-unsaturated/α-hetero) is 1. The molecule has 0 aliphatic heterocycles. The lowest BCUT2D eigenvalue weighted by Gasteiger charge is -2.05. The first-order valence-electron chi connectivity index (χ1n) is 6.85. The zero-order chi connectivity index (χ0) is 14.7. The number of rotatable bonds is 4. The highest BCUT2D eigenvalue weighted by Crippen LogP contribution is 2.18. The summed E-state index contributed by atoms with van der Waals surface area (Å²) in [7, 11) is 0. The van der Waals surface area contributed by atoms with Gasteiger partial charge in [-0.1, -0.05) is 30.3 Å². The van der Waals surface area contributed by atoms with Gasteiger partial charge in [-0.25, -0.2) is 0 Å². The zero-order valence-corrected chi connectivity index (χ0v) is 11.5.